The van der Waals surface area contributed by atoms with E-state index in [0.717, 1.165) is 5.76 Å². The molecule has 1 atom stereocenters. The van der Waals surface area contributed by atoms with Crippen LogP contribution in [0, 0.1) is 5.92 Å². The first-order chi connectivity index (χ1) is 6.68. The molecule has 1 aromatic heterocycles. The van der Waals surface area contributed by atoms with Gasteiger partial charge in [0.05, 0.1) is 18.2 Å². The molecule has 0 bridgehead atoms. The summed E-state index contributed by atoms with van der Waals surface area (Å²) in [6, 6.07) is 3.94. The quantitative estimate of drug-likeness (QED) is 0.791. The Bertz CT molecular complexity index is 314. The van der Waals surface area contributed by atoms with E-state index in [9.17, 15) is 4.79 Å². The zero-order chi connectivity index (χ0) is 10.1. The molecule has 0 amide bonds. The van der Waals surface area contributed by atoms with Crippen LogP contribution in [-0.2, 0) is 4.79 Å². The van der Waals surface area contributed by atoms with Gasteiger partial charge in [0.2, 0.25) is 0 Å². The summed E-state index contributed by atoms with van der Waals surface area (Å²) in [5.41, 5.74) is 0. The molecule has 1 N–H and O–H groups in total. The number of rotatable bonds is 3. The predicted octanol–water partition coefficient (Wildman–Crippen LogP) is 1.36. The molecular weight excluding hydrogens is 182 g/mol. The van der Waals surface area contributed by atoms with Gasteiger partial charge in [-0.2, -0.15) is 0 Å². The molecule has 0 radical (unpaired) electrons. The first-order valence-corrected chi connectivity index (χ1v) is 4.68. The highest BCUT2D eigenvalue weighted by molar-refractivity contribution is 5.71. The zero-order valence-electron chi connectivity index (χ0n) is 8.01. The van der Waals surface area contributed by atoms with Crippen LogP contribution in [0.3, 0.4) is 0 Å². The molecule has 0 spiro atoms. The van der Waals surface area contributed by atoms with E-state index in [1.807, 2.05) is 19.1 Å². The first kappa shape index (κ1) is 9.27. The van der Waals surface area contributed by atoms with Gasteiger partial charge in [-0.3, -0.25) is 9.69 Å². The maximum atomic E-state index is 10.6. The van der Waals surface area contributed by atoms with Crippen molar-refractivity contribution in [1.82, 2.24) is 4.90 Å². The van der Waals surface area contributed by atoms with Crippen LogP contribution in [-0.4, -0.2) is 29.1 Å². The number of carboxylic acids is 1. The third-order valence-corrected chi connectivity index (χ3v) is 2.76. The van der Waals surface area contributed by atoms with E-state index in [1.165, 1.54) is 0 Å². The highest BCUT2D eigenvalue weighted by atomic mass is 16.4. The van der Waals surface area contributed by atoms with Crippen molar-refractivity contribution in [3.63, 3.8) is 0 Å². The lowest BCUT2D eigenvalue weighted by atomic mass is 9.97. The Morgan fingerprint density at radius 3 is 2.93 bits per heavy atom. The third kappa shape index (κ3) is 1.53. The summed E-state index contributed by atoms with van der Waals surface area (Å²) in [5, 5.41) is 8.71. The van der Waals surface area contributed by atoms with E-state index >= 15 is 0 Å². The van der Waals surface area contributed by atoms with Crippen molar-refractivity contribution in [2.24, 2.45) is 5.92 Å². The number of furan rings is 1. The lowest BCUT2D eigenvalue weighted by Crippen LogP contribution is -2.51. The summed E-state index contributed by atoms with van der Waals surface area (Å²) >= 11 is 0. The normalized spacial score (nSPS) is 20.4. The number of hydrogen-bond donors (Lipinski definition) is 1. The van der Waals surface area contributed by atoms with E-state index in [-0.39, 0.29) is 12.0 Å². The summed E-state index contributed by atoms with van der Waals surface area (Å²) in [6.07, 6.45) is 1.64. The molecule has 1 unspecified atom stereocenters. The molecular formula is C10H13NO3. The molecule has 1 aliphatic rings. The fourth-order valence-electron chi connectivity index (χ4n) is 1.69. The number of nitrogens with zero attached hydrogens (tertiary/aromatic N) is 1. The van der Waals surface area contributed by atoms with Crippen LogP contribution in [0.25, 0.3) is 0 Å². The first-order valence-electron chi connectivity index (χ1n) is 4.68. The van der Waals surface area contributed by atoms with Crippen LogP contribution >= 0.6 is 0 Å². The van der Waals surface area contributed by atoms with E-state index in [2.05, 4.69) is 4.90 Å². The minimum atomic E-state index is -0.701. The zero-order valence-corrected chi connectivity index (χ0v) is 8.01. The van der Waals surface area contributed by atoms with Gasteiger partial charge in [-0.05, 0) is 19.1 Å². The lowest BCUT2D eigenvalue weighted by Gasteiger charge is -2.40. The van der Waals surface area contributed by atoms with Gasteiger partial charge < -0.3 is 9.52 Å². The molecule has 0 aliphatic carbocycles. The summed E-state index contributed by atoms with van der Waals surface area (Å²) in [4.78, 5) is 12.7. The highest BCUT2D eigenvalue weighted by Crippen LogP contribution is 2.28. The fourth-order valence-corrected chi connectivity index (χ4v) is 1.69. The van der Waals surface area contributed by atoms with Gasteiger partial charge in [-0.25, -0.2) is 0 Å². The molecule has 76 valence electrons. The van der Waals surface area contributed by atoms with Crippen molar-refractivity contribution >= 4 is 5.97 Å². The molecule has 2 heterocycles. The summed E-state index contributed by atoms with van der Waals surface area (Å²) in [6.45, 7) is 3.27. The number of aliphatic carboxylic acids is 1. The van der Waals surface area contributed by atoms with Crippen LogP contribution < -0.4 is 0 Å². The topological polar surface area (TPSA) is 53.7 Å². The number of likely N-dealkylation sites (tertiary alicyclic amines) is 1. The smallest absolute Gasteiger partial charge is 0.309 e. The minimum Gasteiger partial charge on any atom is -0.481 e. The molecule has 14 heavy (non-hydrogen) atoms. The Kier molecular flexibility index (Phi) is 2.29. The van der Waals surface area contributed by atoms with Crippen LogP contribution in [0.2, 0.25) is 0 Å². The highest BCUT2D eigenvalue weighted by Gasteiger charge is 2.36. The Morgan fingerprint density at radius 1 is 1.71 bits per heavy atom. The molecule has 4 nitrogen and oxygen atoms in total. The van der Waals surface area contributed by atoms with Crippen molar-refractivity contribution in [1.29, 1.82) is 0 Å². The summed E-state index contributed by atoms with van der Waals surface area (Å²) in [5.74, 6) is -0.00542. The monoisotopic (exact) mass is 195 g/mol. The molecule has 4 heteroatoms. The number of carboxylic acid groups (broad SMARTS) is 1. The Labute approximate surface area is 82.1 Å². The summed E-state index contributed by atoms with van der Waals surface area (Å²) in [7, 11) is 0. The molecule has 0 saturated carbocycles. The van der Waals surface area contributed by atoms with Crippen molar-refractivity contribution < 1.29 is 14.3 Å². The average Bonchev–Trinajstić information content (AvgIpc) is 2.51. The standard InChI is InChI=1S/C10H13NO3/c1-7(9-3-2-4-14-9)11-5-8(6-11)10(12)13/h2-4,7-8H,5-6H2,1H3,(H,12,13). The third-order valence-electron chi connectivity index (χ3n) is 2.76. The maximum Gasteiger partial charge on any atom is 0.309 e. The number of hydrogen-bond acceptors (Lipinski definition) is 3. The molecule has 1 saturated heterocycles. The van der Waals surface area contributed by atoms with Gasteiger partial charge in [-0.15, -0.1) is 0 Å². The van der Waals surface area contributed by atoms with Crippen LogP contribution in [0.5, 0.6) is 0 Å². The second-order valence-electron chi connectivity index (χ2n) is 3.68. The molecule has 1 fully saturated rings. The average molecular weight is 195 g/mol. The Hall–Kier alpha value is -1.29. The fraction of sp³-hybridized carbons (Fsp3) is 0.500. The van der Waals surface area contributed by atoms with E-state index in [4.69, 9.17) is 9.52 Å². The maximum absolute atomic E-state index is 10.6. The van der Waals surface area contributed by atoms with Crippen LogP contribution in [0.1, 0.15) is 18.7 Å². The van der Waals surface area contributed by atoms with E-state index in [1.54, 1.807) is 6.26 Å². The van der Waals surface area contributed by atoms with Gasteiger partial charge in [0.15, 0.2) is 0 Å². The van der Waals surface area contributed by atoms with Crippen LogP contribution in [0.4, 0.5) is 0 Å². The Balaban J connectivity index is 1.91. The number of carbonyl (C=O) groups is 1. The predicted molar refractivity (Wildman–Crippen MR) is 49.8 cm³/mol. The molecule has 1 aromatic rings. The van der Waals surface area contributed by atoms with Crippen molar-refractivity contribution in [2.45, 2.75) is 13.0 Å². The second kappa shape index (κ2) is 3.46. The van der Waals surface area contributed by atoms with Gasteiger partial charge in [-0.1, -0.05) is 0 Å². The SMILES string of the molecule is CC(c1ccco1)N1CC(C(=O)O)C1. The molecule has 2 rings (SSSR count). The molecule has 0 aromatic carbocycles. The van der Waals surface area contributed by atoms with E-state index < -0.39 is 5.97 Å². The van der Waals surface area contributed by atoms with E-state index in [0.29, 0.717) is 13.1 Å². The van der Waals surface area contributed by atoms with Crippen molar-refractivity contribution in [3.05, 3.63) is 24.2 Å². The lowest BCUT2D eigenvalue weighted by molar-refractivity contribution is -0.148. The molecule has 1 aliphatic heterocycles. The van der Waals surface area contributed by atoms with Gasteiger partial charge in [0, 0.05) is 13.1 Å². The minimum absolute atomic E-state index is 0.181. The van der Waals surface area contributed by atoms with Crippen LogP contribution in [0.15, 0.2) is 22.8 Å². The van der Waals surface area contributed by atoms with Crippen molar-refractivity contribution in [2.75, 3.05) is 13.1 Å². The van der Waals surface area contributed by atoms with Gasteiger partial charge in [0.25, 0.3) is 0 Å². The van der Waals surface area contributed by atoms with Gasteiger partial charge >= 0.3 is 5.97 Å². The second-order valence-corrected chi connectivity index (χ2v) is 3.68. The summed E-state index contributed by atoms with van der Waals surface area (Å²) < 4.78 is 5.26. The van der Waals surface area contributed by atoms with Gasteiger partial charge in [0.1, 0.15) is 5.76 Å². The van der Waals surface area contributed by atoms with Crippen molar-refractivity contribution in [3.8, 4) is 0 Å². The Morgan fingerprint density at radius 2 is 2.43 bits per heavy atom. The largest absolute Gasteiger partial charge is 0.481 e.